The molecule has 0 aliphatic heterocycles. The molecule has 0 spiro atoms. The maximum atomic E-state index is 3.80. The van der Waals surface area contributed by atoms with E-state index in [4.69, 9.17) is 0 Å². The van der Waals surface area contributed by atoms with E-state index in [2.05, 4.69) is 24.2 Å². The van der Waals surface area contributed by atoms with Crippen LogP contribution >= 0.6 is 0 Å². The van der Waals surface area contributed by atoms with Gasteiger partial charge in [0.05, 0.1) is 0 Å². The minimum atomic E-state index is 0.753. The fourth-order valence-corrected chi connectivity index (χ4v) is 3.36. The first kappa shape index (κ1) is 13.4. The van der Waals surface area contributed by atoms with Gasteiger partial charge in [-0.3, -0.25) is 0 Å². The Morgan fingerprint density at radius 2 is 1.82 bits per heavy atom. The van der Waals surface area contributed by atoms with E-state index in [1.165, 1.54) is 64.5 Å². The fraction of sp³-hybridized carbons (Fsp3) is 1.00. The van der Waals surface area contributed by atoms with Crippen LogP contribution < -0.4 is 5.32 Å². The Balaban J connectivity index is 1.80. The van der Waals surface area contributed by atoms with Crippen molar-refractivity contribution in [1.82, 2.24) is 10.2 Å². The minimum absolute atomic E-state index is 0.753. The summed E-state index contributed by atoms with van der Waals surface area (Å²) in [5.41, 5.74) is 0. The molecule has 0 saturated heterocycles. The first-order chi connectivity index (χ1) is 8.31. The van der Waals surface area contributed by atoms with Crippen LogP contribution in [0.4, 0.5) is 0 Å². The zero-order valence-electron chi connectivity index (χ0n) is 11.8. The van der Waals surface area contributed by atoms with Crippen LogP contribution in [0.25, 0.3) is 0 Å². The van der Waals surface area contributed by atoms with Crippen molar-refractivity contribution in [2.75, 3.05) is 20.1 Å². The Bertz CT molecular complexity index is 207. The third-order valence-electron chi connectivity index (χ3n) is 4.81. The van der Waals surface area contributed by atoms with Crippen molar-refractivity contribution < 1.29 is 0 Å². The van der Waals surface area contributed by atoms with Crippen LogP contribution in [0.2, 0.25) is 0 Å². The summed E-state index contributed by atoms with van der Waals surface area (Å²) in [4.78, 5) is 2.62. The van der Waals surface area contributed by atoms with E-state index in [-0.39, 0.29) is 0 Å². The van der Waals surface area contributed by atoms with Crippen molar-refractivity contribution in [2.24, 2.45) is 5.92 Å². The van der Waals surface area contributed by atoms with Crippen LogP contribution in [0.5, 0.6) is 0 Å². The smallest absolute Gasteiger partial charge is 0.0223 e. The molecule has 2 saturated carbocycles. The first-order valence-corrected chi connectivity index (χ1v) is 7.75. The van der Waals surface area contributed by atoms with Gasteiger partial charge < -0.3 is 10.2 Å². The summed E-state index contributed by atoms with van der Waals surface area (Å²) in [6.45, 7) is 4.74. The molecule has 0 bridgehead atoms. The average molecular weight is 238 g/mol. The molecule has 2 rings (SSSR count). The molecule has 0 aromatic rings. The lowest BCUT2D eigenvalue weighted by Gasteiger charge is -2.38. The van der Waals surface area contributed by atoms with Gasteiger partial charge in [-0.25, -0.2) is 0 Å². The van der Waals surface area contributed by atoms with E-state index in [1.54, 1.807) is 0 Å². The number of likely N-dealkylation sites (N-methyl/N-ethyl adjacent to an activating group) is 1. The van der Waals surface area contributed by atoms with Crippen molar-refractivity contribution in [1.29, 1.82) is 0 Å². The predicted molar refractivity (Wildman–Crippen MR) is 74.3 cm³/mol. The number of rotatable bonds is 7. The lowest BCUT2D eigenvalue weighted by Crippen LogP contribution is -2.48. The number of nitrogens with zero attached hydrogens (tertiary/aromatic N) is 1. The van der Waals surface area contributed by atoms with Gasteiger partial charge in [-0.1, -0.05) is 26.2 Å². The highest BCUT2D eigenvalue weighted by Crippen LogP contribution is 2.30. The summed E-state index contributed by atoms with van der Waals surface area (Å²) in [7, 11) is 2.33. The largest absolute Gasteiger partial charge is 0.312 e. The van der Waals surface area contributed by atoms with Crippen LogP contribution in [0.15, 0.2) is 0 Å². The molecule has 2 nitrogen and oxygen atoms in total. The molecule has 2 aliphatic carbocycles. The zero-order chi connectivity index (χ0) is 12.1. The Morgan fingerprint density at radius 1 is 1.12 bits per heavy atom. The minimum Gasteiger partial charge on any atom is -0.312 e. The van der Waals surface area contributed by atoms with Crippen molar-refractivity contribution in [3.63, 3.8) is 0 Å². The van der Waals surface area contributed by atoms with Gasteiger partial charge in [-0.2, -0.15) is 0 Å². The van der Waals surface area contributed by atoms with Gasteiger partial charge in [0.2, 0.25) is 0 Å². The molecule has 100 valence electrons. The highest BCUT2D eigenvalue weighted by Gasteiger charge is 2.29. The fourth-order valence-electron chi connectivity index (χ4n) is 3.36. The second-order valence-corrected chi connectivity index (χ2v) is 6.13. The normalized spacial score (nSPS) is 24.2. The van der Waals surface area contributed by atoms with Gasteiger partial charge in [0.15, 0.2) is 0 Å². The SMILES string of the molecule is CCCNC(CN(C)C1CCC1)C1CCCC1. The lowest BCUT2D eigenvalue weighted by atomic mass is 9.90. The Labute approximate surface area is 107 Å². The van der Waals surface area contributed by atoms with Gasteiger partial charge in [-0.15, -0.1) is 0 Å². The van der Waals surface area contributed by atoms with Crippen molar-refractivity contribution >= 4 is 0 Å². The molecule has 1 atom stereocenters. The van der Waals surface area contributed by atoms with Gasteiger partial charge in [0.25, 0.3) is 0 Å². The topological polar surface area (TPSA) is 15.3 Å². The second kappa shape index (κ2) is 6.75. The predicted octanol–water partition coefficient (Wildman–Crippen LogP) is 3.03. The molecule has 2 aliphatic rings. The van der Waals surface area contributed by atoms with Gasteiger partial charge in [0.1, 0.15) is 0 Å². The van der Waals surface area contributed by atoms with Crippen LogP contribution in [0.1, 0.15) is 58.3 Å². The molecule has 0 aromatic heterocycles. The maximum Gasteiger partial charge on any atom is 0.0223 e. The van der Waals surface area contributed by atoms with E-state index >= 15 is 0 Å². The third-order valence-corrected chi connectivity index (χ3v) is 4.81. The number of nitrogens with one attached hydrogen (secondary N) is 1. The molecular formula is C15H30N2. The van der Waals surface area contributed by atoms with E-state index < -0.39 is 0 Å². The molecule has 1 unspecified atom stereocenters. The maximum absolute atomic E-state index is 3.80. The van der Waals surface area contributed by atoms with Gasteiger partial charge in [-0.05, 0) is 51.6 Å². The van der Waals surface area contributed by atoms with Gasteiger partial charge in [0, 0.05) is 18.6 Å². The van der Waals surface area contributed by atoms with Crippen molar-refractivity contribution in [3.8, 4) is 0 Å². The monoisotopic (exact) mass is 238 g/mol. The standard InChI is InChI=1S/C15H30N2/c1-3-11-16-15(13-7-4-5-8-13)12-17(2)14-9-6-10-14/h13-16H,3-12H2,1-2H3. The summed E-state index contributed by atoms with van der Waals surface area (Å²) in [6.07, 6.45) is 11.4. The summed E-state index contributed by atoms with van der Waals surface area (Å²) >= 11 is 0. The van der Waals surface area contributed by atoms with E-state index in [0.717, 1.165) is 18.0 Å². The molecule has 0 radical (unpaired) electrons. The summed E-state index contributed by atoms with van der Waals surface area (Å²) in [5.74, 6) is 0.948. The quantitative estimate of drug-likeness (QED) is 0.733. The zero-order valence-corrected chi connectivity index (χ0v) is 11.8. The number of hydrogen-bond acceptors (Lipinski definition) is 2. The highest BCUT2D eigenvalue weighted by atomic mass is 15.2. The highest BCUT2D eigenvalue weighted by molar-refractivity contribution is 4.86. The van der Waals surface area contributed by atoms with E-state index in [9.17, 15) is 0 Å². The van der Waals surface area contributed by atoms with Crippen LogP contribution in [0, 0.1) is 5.92 Å². The first-order valence-electron chi connectivity index (χ1n) is 7.75. The van der Waals surface area contributed by atoms with Gasteiger partial charge >= 0.3 is 0 Å². The summed E-state index contributed by atoms with van der Waals surface area (Å²) in [5, 5.41) is 3.80. The lowest BCUT2D eigenvalue weighted by molar-refractivity contribution is 0.131. The summed E-state index contributed by atoms with van der Waals surface area (Å²) in [6, 6.07) is 1.64. The summed E-state index contributed by atoms with van der Waals surface area (Å²) < 4.78 is 0. The van der Waals surface area contributed by atoms with Crippen LogP contribution in [-0.4, -0.2) is 37.1 Å². The van der Waals surface area contributed by atoms with E-state index in [1.807, 2.05) is 0 Å². The molecule has 1 N–H and O–H groups in total. The average Bonchev–Trinajstić information content (AvgIpc) is 2.74. The number of hydrogen-bond donors (Lipinski definition) is 1. The Hall–Kier alpha value is -0.0800. The molecule has 17 heavy (non-hydrogen) atoms. The molecule has 0 heterocycles. The Kier molecular flexibility index (Phi) is 5.30. The Morgan fingerprint density at radius 3 is 2.35 bits per heavy atom. The third kappa shape index (κ3) is 3.69. The molecule has 0 aromatic carbocycles. The molecular weight excluding hydrogens is 208 g/mol. The molecule has 2 fully saturated rings. The van der Waals surface area contributed by atoms with Crippen LogP contribution in [0.3, 0.4) is 0 Å². The molecule has 2 heteroatoms. The second-order valence-electron chi connectivity index (χ2n) is 6.13. The van der Waals surface area contributed by atoms with E-state index in [0.29, 0.717) is 0 Å². The van der Waals surface area contributed by atoms with Crippen molar-refractivity contribution in [2.45, 2.75) is 70.4 Å². The van der Waals surface area contributed by atoms with Crippen LogP contribution in [-0.2, 0) is 0 Å². The van der Waals surface area contributed by atoms with Crippen molar-refractivity contribution in [3.05, 3.63) is 0 Å². The molecule has 0 amide bonds.